The van der Waals surface area contributed by atoms with Crippen molar-refractivity contribution in [3.63, 3.8) is 0 Å². The van der Waals surface area contributed by atoms with Crippen LogP contribution in [0.15, 0.2) is 59.1 Å². The van der Waals surface area contributed by atoms with Crippen LogP contribution in [0, 0.1) is 13.8 Å². The topological polar surface area (TPSA) is 85.0 Å². The number of nitrogens with zero attached hydrogens (tertiary/aromatic N) is 5. The largest absolute Gasteiger partial charge is 0.415 e. The summed E-state index contributed by atoms with van der Waals surface area (Å²) in [5.74, 6) is 0.705. The number of aryl methyl sites for hydroxylation is 2. The number of hydrogen-bond donors (Lipinski definition) is 0. The van der Waals surface area contributed by atoms with E-state index in [-0.39, 0.29) is 7.33 Å². The van der Waals surface area contributed by atoms with Gasteiger partial charge in [0.05, 0.1) is 17.6 Å². The van der Waals surface area contributed by atoms with Crippen LogP contribution in [0.3, 0.4) is 0 Å². The molecule has 2 aromatic carbocycles. The van der Waals surface area contributed by atoms with Crippen molar-refractivity contribution >= 4 is 5.91 Å². The summed E-state index contributed by atoms with van der Waals surface area (Å²) in [5.41, 5.74) is 5.32. The lowest BCUT2D eigenvalue weighted by Gasteiger charge is -2.10. The zero-order valence-electron chi connectivity index (χ0n) is 17.2. The molecule has 0 aliphatic heterocycles. The first-order valence-corrected chi connectivity index (χ1v) is 9.49. The monoisotopic (exact) mass is 401 g/mol. The number of amides is 1. The molecule has 0 saturated carbocycles. The van der Waals surface area contributed by atoms with E-state index in [0.29, 0.717) is 34.4 Å². The SMILES string of the molecule is Cc1cccc(-c2nnc(-c3nc(-c4ccc(C(=O)N(C)C)cc4)cnc3C)o2)c1.[HH]. The summed E-state index contributed by atoms with van der Waals surface area (Å²) in [6.45, 7) is 3.86. The Morgan fingerprint density at radius 3 is 2.40 bits per heavy atom. The van der Waals surface area contributed by atoms with E-state index in [0.717, 1.165) is 16.7 Å². The van der Waals surface area contributed by atoms with Gasteiger partial charge in [0.25, 0.3) is 11.8 Å². The third kappa shape index (κ3) is 3.82. The highest BCUT2D eigenvalue weighted by molar-refractivity contribution is 5.94. The second kappa shape index (κ2) is 7.87. The molecule has 0 saturated heterocycles. The summed E-state index contributed by atoms with van der Waals surface area (Å²) in [7, 11) is 3.45. The Morgan fingerprint density at radius 2 is 1.70 bits per heavy atom. The van der Waals surface area contributed by atoms with Gasteiger partial charge < -0.3 is 9.32 Å². The predicted molar refractivity (Wildman–Crippen MR) is 116 cm³/mol. The normalized spacial score (nSPS) is 10.8. The van der Waals surface area contributed by atoms with Gasteiger partial charge in [0.15, 0.2) is 0 Å². The number of aromatic nitrogens is 4. The van der Waals surface area contributed by atoms with E-state index in [2.05, 4.69) is 15.2 Å². The van der Waals surface area contributed by atoms with Crippen LogP contribution in [-0.4, -0.2) is 45.1 Å². The van der Waals surface area contributed by atoms with Crippen molar-refractivity contribution in [2.75, 3.05) is 14.1 Å². The molecule has 2 aromatic heterocycles. The van der Waals surface area contributed by atoms with Crippen LogP contribution in [0.1, 0.15) is 23.0 Å². The summed E-state index contributed by atoms with van der Waals surface area (Å²) in [4.78, 5) is 22.8. The smallest absolute Gasteiger partial charge is 0.268 e. The average molecular weight is 401 g/mol. The molecule has 4 rings (SSSR count). The van der Waals surface area contributed by atoms with Gasteiger partial charge in [-0.15, -0.1) is 10.2 Å². The molecule has 0 fully saturated rings. The van der Waals surface area contributed by atoms with Crippen LogP contribution in [0.25, 0.3) is 34.3 Å². The van der Waals surface area contributed by atoms with Crippen molar-refractivity contribution in [2.24, 2.45) is 0 Å². The van der Waals surface area contributed by atoms with Gasteiger partial charge >= 0.3 is 0 Å². The fourth-order valence-electron chi connectivity index (χ4n) is 3.05. The third-order valence-corrected chi connectivity index (χ3v) is 4.68. The summed E-state index contributed by atoms with van der Waals surface area (Å²) >= 11 is 0. The van der Waals surface area contributed by atoms with Crippen molar-refractivity contribution in [2.45, 2.75) is 13.8 Å². The standard InChI is InChI=1S/C23H21N5O2.H2/c1-14-6-5-7-18(12-14)21-26-27-22(30-21)20-15(2)24-13-19(25-20)16-8-10-17(11-9-16)23(29)28(3)4;/h5-13H,1-4H3;1H. The second-order valence-electron chi connectivity index (χ2n) is 7.25. The molecule has 0 atom stereocenters. The molecular formula is C23H23N5O2. The number of carbonyl (C=O) groups is 1. The van der Waals surface area contributed by atoms with Crippen LogP contribution in [0.4, 0.5) is 0 Å². The Balaban J connectivity index is 0.00000272. The first-order chi connectivity index (χ1) is 14.4. The van der Waals surface area contributed by atoms with E-state index in [1.54, 1.807) is 37.3 Å². The van der Waals surface area contributed by atoms with Crippen molar-refractivity contribution in [3.8, 4) is 34.3 Å². The quantitative estimate of drug-likeness (QED) is 0.503. The molecule has 7 heteroatoms. The number of hydrogen-bond acceptors (Lipinski definition) is 6. The summed E-state index contributed by atoms with van der Waals surface area (Å²) < 4.78 is 5.88. The minimum atomic E-state index is -0.0493. The lowest BCUT2D eigenvalue weighted by Crippen LogP contribution is -2.21. The zero-order valence-corrected chi connectivity index (χ0v) is 17.2. The molecule has 0 N–H and O–H groups in total. The fourth-order valence-corrected chi connectivity index (χ4v) is 3.05. The van der Waals surface area contributed by atoms with Gasteiger partial charge in [0.1, 0.15) is 5.69 Å². The van der Waals surface area contributed by atoms with Crippen LogP contribution in [0.5, 0.6) is 0 Å². The van der Waals surface area contributed by atoms with E-state index in [4.69, 9.17) is 9.40 Å². The minimum absolute atomic E-state index is 0. The minimum Gasteiger partial charge on any atom is -0.415 e. The lowest BCUT2D eigenvalue weighted by molar-refractivity contribution is 0.0827. The maximum atomic E-state index is 12.1. The van der Waals surface area contributed by atoms with E-state index in [9.17, 15) is 4.79 Å². The molecule has 0 aliphatic carbocycles. The molecule has 0 aliphatic rings. The maximum absolute atomic E-state index is 12.1. The molecule has 30 heavy (non-hydrogen) atoms. The van der Waals surface area contributed by atoms with Crippen molar-refractivity contribution < 1.29 is 10.6 Å². The van der Waals surface area contributed by atoms with E-state index in [1.165, 1.54) is 0 Å². The first-order valence-electron chi connectivity index (χ1n) is 9.49. The molecule has 4 aromatic rings. The van der Waals surface area contributed by atoms with Gasteiger partial charge in [0.2, 0.25) is 5.89 Å². The first kappa shape index (κ1) is 19.4. The Kier molecular flexibility index (Phi) is 5.10. The molecule has 1 amide bonds. The highest BCUT2D eigenvalue weighted by Gasteiger charge is 2.16. The highest BCUT2D eigenvalue weighted by atomic mass is 16.4. The molecular weight excluding hydrogens is 378 g/mol. The zero-order chi connectivity index (χ0) is 21.3. The Labute approximate surface area is 175 Å². The molecule has 0 spiro atoms. The van der Waals surface area contributed by atoms with Gasteiger partial charge in [-0.05, 0) is 38.1 Å². The van der Waals surface area contributed by atoms with E-state index >= 15 is 0 Å². The van der Waals surface area contributed by atoms with Crippen LogP contribution in [-0.2, 0) is 0 Å². The van der Waals surface area contributed by atoms with Crippen LogP contribution in [0.2, 0.25) is 0 Å². The van der Waals surface area contributed by atoms with Crippen LogP contribution >= 0.6 is 0 Å². The van der Waals surface area contributed by atoms with Gasteiger partial charge in [-0.3, -0.25) is 9.78 Å². The fraction of sp³-hybridized carbons (Fsp3) is 0.174. The van der Waals surface area contributed by atoms with Gasteiger partial charge in [-0.2, -0.15) is 0 Å². The Morgan fingerprint density at radius 1 is 0.967 bits per heavy atom. The third-order valence-electron chi connectivity index (χ3n) is 4.68. The summed E-state index contributed by atoms with van der Waals surface area (Å²) in [6, 6.07) is 15.1. The van der Waals surface area contributed by atoms with Gasteiger partial charge in [-0.1, -0.05) is 29.8 Å². The summed E-state index contributed by atoms with van der Waals surface area (Å²) in [6.07, 6.45) is 1.69. The summed E-state index contributed by atoms with van der Waals surface area (Å²) in [5, 5.41) is 8.34. The Hall–Kier alpha value is -3.87. The van der Waals surface area contributed by atoms with Gasteiger partial charge in [0, 0.05) is 32.2 Å². The van der Waals surface area contributed by atoms with Crippen molar-refractivity contribution in [3.05, 3.63) is 71.5 Å². The van der Waals surface area contributed by atoms with Crippen molar-refractivity contribution in [1.29, 1.82) is 0 Å². The molecule has 0 radical (unpaired) electrons. The average Bonchev–Trinajstić information content (AvgIpc) is 3.24. The molecule has 152 valence electrons. The lowest BCUT2D eigenvalue weighted by atomic mass is 10.1. The van der Waals surface area contributed by atoms with Crippen molar-refractivity contribution in [1.82, 2.24) is 25.1 Å². The number of benzene rings is 2. The Bertz CT molecular complexity index is 1220. The maximum Gasteiger partial charge on any atom is 0.268 e. The molecule has 0 unspecified atom stereocenters. The second-order valence-corrected chi connectivity index (χ2v) is 7.25. The number of rotatable bonds is 4. The van der Waals surface area contributed by atoms with Crippen LogP contribution < -0.4 is 0 Å². The molecule has 7 nitrogen and oxygen atoms in total. The predicted octanol–water partition coefficient (Wildman–Crippen LogP) is 4.43. The van der Waals surface area contributed by atoms with E-state index in [1.807, 2.05) is 50.2 Å². The van der Waals surface area contributed by atoms with E-state index < -0.39 is 0 Å². The highest BCUT2D eigenvalue weighted by Crippen LogP contribution is 2.27. The number of carbonyl (C=O) groups excluding carboxylic acids is 1. The molecule has 2 heterocycles. The van der Waals surface area contributed by atoms with Gasteiger partial charge in [-0.25, -0.2) is 4.98 Å². The molecule has 0 bridgehead atoms.